The van der Waals surface area contributed by atoms with Crippen molar-refractivity contribution < 1.29 is 30.7 Å². The number of allylic oxidation sites excluding steroid dienone is 4. The number of anilines is 6. The highest BCUT2D eigenvalue weighted by molar-refractivity contribution is 7.90. The Morgan fingerprint density at radius 2 is 1.52 bits per heavy atom. The summed E-state index contributed by atoms with van der Waals surface area (Å²) >= 11 is 0. The highest BCUT2D eigenvalue weighted by Crippen LogP contribution is 2.52. The zero-order valence-corrected chi connectivity index (χ0v) is 27.1. The minimum atomic E-state index is -4.75. The summed E-state index contributed by atoms with van der Waals surface area (Å²) in [6.07, 6.45) is 4.94. The molecule has 5 N–H and O–H groups in total. The normalized spacial score (nSPS) is 17.1. The van der Waals surface area contributed by atoms with E-state index in [1.54, 1.807) is 36.4 Å². The maximum Gasteiger partial charge on any atom is 0.296 e. The number of para-hydroxylation sites is 4. The first-order valence-corrected chi connectivity index (χ1v) is 17.7. The fraction of sp³-hybridized carbons (Fsp3) is 0.0857. The van der Waals surface area contributed by atoms with Crippen molar-refractivity contribution in [1.29, 1.82) is 0 Å². The smallest absolute Gasteiger partial charge is 0.296 e. The zero-order valence-electron chi connectivity index (χ0n) is 25.5. The van der Waals surface area contributed by atoms with Crippen molar-refractivity contribution in [3.63, 3.8) is 0 Å². The van der Waals surface area contributed by atoms with Crippen LogP contribution in [0, 0.1) is 5.92 Å². The molecule has 0 spiro atoms. The Morgan fingerprint density at radius 3 is 2.21 bits per heavy atom. The zero-order chi connectivity index (χ0) is 33.6. The second kappa shape index (κ2) is 12.0. The summed E-state index contributed by atoms with van der Waals surface area (Å²) in [6, 6.07) is 28.7. The van der Waals surface area contributed by atoms with E-state index in [1.165, 1.54) is 19.3 Å². The SMILES string of the molecule is COc1ccccc1Nc1cc2c(cc1S(=O)(=O)O)NC1=C(CC(Nc3ccccc3)=C3C(S(=O)(=O)O)=CC=CC13)N2c1ccccc1. The fourth-order valence-corrected chi connectivity index (χ4v) is 7.74. The molecular weight excluding hydrogens is 653 g/mol. The lowest BCUT2D eigenvalue weighted by Gasteiger charge is -2.43. The van der Waals surface area contributed by atoms with Crippen LogP contribution in [0.15, 0.2) is 148 Å². The van der Waals surface area contributed by atoms with E-state index in [-0.39, 0.29) is 21.9 Å². The molecule has 4 aromatic carbocycles. The Hall–Kier alpha value is -5.34. The Morgan fingerprint density at radius 1 is 0.833 bits per heavy atom. The van der Waals surface area contributed by atoms with E-state index in [2.05, 4.69) is 16.0 Å². The van der Waals surface area contributed by atoms with Crippen LogP contribution in [0.1, 0.15) is 6.42 Å². The van der Waals surface area contributed by atoms with Gasteiger partial charge in [0.15, 0.2) is 0 Å². The van der Waals surface area contributed by atoms with Gasteiger partial charge in [-0.3, -0.25) is 9.11 Å². The lowest BCUT2D eigenvalue weighted by Crippen LogP contribution is -2.35. The number of nitrogens with zero attached hydrogens (tertiary/aromatic N) is 1. The third kappa shape index (κ3) is 5.73. The van der Waals surface area contributed by atoms with Gasteiger partial charge in [0.05, 0.1) is 34.8 Å². The molecule has 0 aromatic heterocycles. The standard InChI is InChI=1S/C35H30N4O7S2/c1-46-31-17-9-8-16-25(31)37-27-19-29-26(21-33(27)48(43,44)45)38-35-24-15-10-18-32(47(40,41)42)34(24)28(36-22-11-4-2-5-12-22)20-30(35)39(29)23-13-6-3-7-14-23/h2-19,21,24,36-38H,20H2,1H3,(H,40,41,42)(H,43,44,45). The van der Waals surface area contributed by atoms with Crippen molar-refractivity contribution in [2.24, 2.45) is 5.92 Å². The molecule has 0 radical (unpaired) electrons. The highest BCUT2D eigenvalue weighted by Gasteiger charge is 2.41. The average Bonchev–Trinajstić information content (AvgIpc) is 3.07. The molecule has 0 saturated carbocycles. The molecule has 48 heavy (non-hydrogen) atoms. The van der Waals surface area contributed by atoms with Gasteiger partial charge in [-0.1, -0.05) is 60.7 Å². The Labute approximate surface area is 278 Å². The molecule has 0 bridgehead atoms. The quantitative estimate of drug-likeness (QED) is 0.120. The second-order valence-electron chi connectivity index (χ2n) is 11.3. The fourth-order valence-electron chi connectivity index (χ4n) is 6.31. The van der Waals surface area contributed by atoms with Crippen molar-refractivity contribution in [2.75, 3.05) is 28.0 Å². The molecule has 1 unspecified atom stereocenters. The van der Waals surface area contributed by atoms with Crippen molar-refractivity contribution in [3.05, 3.63) is 143 Å². The van der Waals surface area contributed by atoms with Crippen molar-refractivity contribution in [3.8, 4) is 5.75 Å². The van der Waals surface area contributed by atoms with Crippen molar-refractivity contribution >= 4 is 54.4 Å². The summed E-state index contributed by atoms with van der Waals surface area (Å²) in [4.78, 5) is 1.35. The summed E-state index contributed by atoms with van der Waals surface area (Å²) in [7, 11) is -7.88. The van der Waals surface area contributed by atoms with Crippen LogP contribution < -0.4 is 25.6 Å². The Balaban J connectivity index is 1.44. The molecule has 0 fully saturated rings. The van der Waals surface area contributed by atoms with Gasteiger partial charge in [0.2, 0.25) is 0 Å². The molecule has 3 aliphatic rings. The van der Waals surface area contributed by atoms with Crippen LogP contribution in [-0.4, -0.2) is 33.1 Å². The molecular formula is C35H30N4O7S2. The highest BCUT2D eigenvalue weighted by atomic mass is 32.2. The number of fused-ring (bicyclic) bond motifs is 3. The summed E-state index contributed by atoms with van der Waals surface area (Å²) in [5, 5.41) is 9.90. The molecule has 13 heteroatoms. The number of nitrogens with one attached hydrogen (secondary N) is 3. The molecule has 7 rings (SSSR count). The minimum absolute atomic E-state index is 0.108. The lowest BCUT2D eigenvalue weighted by atomic mass is 9.81. The van der Waals surface area contributed by atoms with Crippen molar-refractivity contribution in [2.45, 2.75) is 11.3 Å². The van der Waals surface area contributed by atoms with Crippen molar-refractivity contribution in [1.82, 2.24) is 0 Å². The number of hydrogen-bond acceptors (Lipinski definition) is 9. The van der Waals surface area contributed by atoms with Gasteiger partial charge in [-0.05, 0) is 54.6 Å². The van der Waals surface area contributed by atoms with Crippen LogP contribution in [0.3, 0.4) is 0 Å². The average molecular weight is 683 g/mol. The van der Waals surface area contributed by atoms with Crippen LogP contribution in [0.5, 0.6) is 5.75 Å². The van der Waals surface area contributed by atoms with E-state index >= 15 is 0 Å². The van der Waals surface area contributed by atoms with E-state index in [9.17, 15) is 25.9 Å². The van der Waals surface area contributed by atoms with Gasteiger partial charge in [-0.25, -0.2) is 0 Å². The molecule has 1 aliphatic heterocycles. The van der Waals surface area contributed by atoms with Crippen LogP contribution in [0.4, 0.5) is 34.1 Å². The van der Waals surface area contributed by atoms with Gasteiger partial charge in [-0.15, -0.1) is 0 Å². The second-order valence-corrected chi connectivity index (χ2v) is 14.0. The molecule has 1 heterocycles. The van der Waals surface area contributed by atoms with Crippen LogP contribution in [-0.2, 0) is 20.2 Å². The molecule has 244 valence electrons. The Bertz CT molecular complexity index is 2280. The van der Waals surface area contributed by atoms with Gasteiger partial charge in [0, 0.05) is 46.4 Å². The largest absolute Gasteiger partial charge is 0.495 e. The first kappa shape index (κ1) is 31.3. The van der Waals surface area contributed by atoms with Gasteiger partial charge in [-0.2, -0.15) is 16.8 Å². The number of benzene rings is 4. The molecule has 0 saturated heterocycles. The number of hydrogen-bond donors (Lipinski definition) is 5. The predicted octanol–water partition coefficient (Wildman–Crippen LogP) is 7.19. The third-order valence-corrected chi connectivity index (χ3v) is 10.1. The summed E-state index contributed by atoms with van der Waals surface area (Å²) < 4.78 is 77.2. The molecule has 0 amide bonds. The van der Waals surface area contributed by atoms with Gasteiger partial charge in [0.25, 0.3) is 20.2 Å². The van der Waals surface area contributed by atoms with Crippen LogP contribution in [0.2, 0.25) is 0 Å². The van der Waals surface area contributed by atoms with Gasteiger partial charge < -0.3 is 25.6 Å². The van der Waals surface area contributed by atoms with Crippen LogP contribution in [0.25, 0.3) is 0 Å². The van der Waals surface area contributed by atoms with E-state index in [0.29, 0.717) is 39.8 Å². The maximum absolute atomic E-state index is 12.8. The Kier molecular flexibility index (Phi) is 7.84. The number of rotatable bonds is 8. The molecule has 11 nitrogen and oxygen atoms in total. The summed E-state index contributed by atoms with van der Waals surface area (Å²) in [5.74, 6) is -0.213. The first-order valence-electron chi connectivity index (χ1n) is 14.8. The van der Waals surface area contributed by atoms with E-state index < -0.39 is 26.2 Å². The predicted molar refractivity (Wildman–Crippen MR) is 186 cm³/mol. The number of methoxy groups -OCH3 is 1. The van der Waals surface area contributed by atoms with Gasteiger partial charge >= 0.3 is 0 Å². The van der Waals surface area contributed by atoms with E-state index in [0.717, 1.165) is 17.1 Å². The van der Waals surface area contributed by atoms with Crippen LogP contribution >= 0.6 is 0 Å². The monoisotopic (exact) mass is 682 g/mol. The van der Waals surface area contributed by atoms with E-state index in [1.807, 2.05) is 71.6 Å². The summed E-state index contributed by atoms with van der Waals surface area (Å²) in [5.41, 5.74) is 5.24. The summed E-state index contributed by atoms with van der Waals surface area (Å²) in [6.45, 7) is 0. The number of ether oxygens (including phenoxy) is 1. The van der Waals surface area contributed by atoms with E-state index in [4.69, 9.17) is 4.74 Å². The van der Waals surface area contributed by atoms with Gasteiger partial charge in [0.1, 0.15) is 10.6 Å². The lowest BCUT2D eigenvalue weighted by molar-refractivity contribution is 0.417. The molecule has 2 aliphatic carbocycles. The minimum Gasteiger partial charge on any atom is -0.495 e. The first-order chi connectivity index (χ1) is 23.0. The molecule has 4 aromatic rings. The topological polar surface area (TPSA) is 157 Å². The maximum atomic E-state index is 12.8. The molecule has 1 atom stereocenters. The third-order valence-electron chi connectivity index (χ3n) is 8.31.